The van der Waals surface area contributed by atoms with Crippen LogP contribution in [0.2, 0.25) is 0 Å². The number of benzene rings is 1. The molecular weight excluding hydrogens is 336 g/mol. The van der Waals surface area contributed by atoms with Gasteiger partial charge in [-0.1, -0.05) is 29.8 Å². The van der Waals surface area contributed by atoms with Crippen molar-refractivity contribution in [2.75, 3.05) is 13.1 Å². The van der Waals surface area contributed by atoms with Gasteiger partial charge in [0, 0.05) is 12.6 Å². The maximum absolute atomic E-state index is 12.5. The summed E-state index contributed by atoms with van der Waals surface area (Å²) in [4.78, 5) is 40.5. The molecule has 1 atom stereocenters. The van der Waals surface area contributed by atoms with Gasteiger partial charge < -0.3 is 4.90 Å². The fourth-order valence-electron chi connectivity index (χ4n) is 3.15. The lowest BCUT2D eigenvalue weighted by molar-refractivity contribution is -0.138. The third kappa shape index (κ3) is 3.95. The Hall–Kier alpha value is -2.08. The summed E-state index contributed by atoms with van der Waals surface area (Å²) in [5.74, 6) is -0.528. The number of amides is 3. The zero-order valence-corrected chi connectivity index (χ0v) is 15.3. The van der Waals surface area contributed by atoms with Crippen LogP contribution in [0.3, 0.4) is 0 Å². The summed E-state index contributed by atoms with van der Waals surface area (Å²) in [6.45, 7) is 4.54. The van der Waals surface area contributed by atoms with E-state index in [2.05, 4.69) is 0 Å². The van der Waals surface area contributed by atoms with Crippen molar-refractivity contribution >= 4 is 34.9 Å². The van der Waals surface area contributed by atoms with Gasteiger partial charge in [-0.2, -0.15) is 0 Å². The van der Waals surface area contributed by atoms with E-state index in [1.165, 1.54) is 0 Å². The minimum atomic E-state index is -0.381. The fraction of sp³-hybridized carbons (Fsp3) is 0.421. The molecule has 2 fully saturated rings. The Morgan fingerprint density at radius 3 is 2.64 bits per heavy atom. The van der Waals surface area contributed by atoms with Gasteiger partial charge >= 0.3 is 0 Å². The van der Waals surface area contributed by atoms with Crippen molar-refractivity contribution in [1.29, 1.82) is 0 Å². The van der Waals surface area contributed by atoms with E-state index in [1.54, 1.807) is 11.0 Å². The average molecular weight is 358 g/mol. The summed E-state index contributed by atoms with van der Waals surface area (Å²) in [6, 6.07) is 7.90. The number of nitrogens with zero attached hydrogens (tertiary/aromatic N) is 2. The standard InChI is InChI=1S/C19H22N2O3S/c1-13-6-8-15(9-7-13)11-16-18(23)21(19(24)25-16)12-17(22)20-10-4-3-5-14(20)2/h6-9,11,14H,3-5,10,12H2,1-2H3/b16-11-/t14-/m1/s1. The minimum absolute atomic E-state index is 0.147. The predicted octanol–water partition coefficient (Wildman–Crippen LogP) is 3.43. The molecule has 5 nitrogen and oxygen atoms in total. The van der Waals surface area contributed by atoms with Crippen LogP contribution in [0.5, 0.6) is 0 Å². The number of piperidine rings is 1. The molecule has 2 saturated heterocycles. The third-order valence-electron chi connectivity index (χ3n) is 4.67. The van der Waals surface area contributed by atoms with Gasteiger partial charge in [0.05, 0.1) is 4.91 Å². The first kappa shape index (κ1) is 17.7. The Bertz CT molecular complexity index is 727. The number of hydrogen-bond acceptors (Lipinski definition) is 4. The van der Waals surface area contributed by atoms with Crippen LogP contribution < -0.4 is 0 Å². The quantitative estimate of drug-likeness (QED) is 0.777. The van der Waals surface area contributed by atoms with Crippen LogP contribution in [0.25, 0.3) is 6.08 Å². The molecule has 2 heterocycles. The van der Waals surface area contributed by atoms with Gasteiger partial charge in [-0.15, -0.1) is 0 Å². The maximum Gasteiger partial charge on any atom is 0.294 e. The van der Waals surface area contributed by atoms with Gasteiger partial charge in [-0.25, -0.2) is 0 Å². The van der Waals surface area contributed by atoms with Crippen LogP contribution in [-0.4, -0.2) is 46.0 Å². The van der Waals surface area contributed by atoms with Gasteiger partial charge in [0.2, 0.25) is 5.91 Å². The molecule has 0 bridgehead atoms. The van der Waals surface area contributed by atoms with Gasteiger partial charge in [0.15, 0.2) is 0 Å². The molecule has 6 heteroatoms. The molecule has 0 spiro atoms. The largest absolute Gasteiger partial charge is 0.338 e. The van der Waals surface area contributed by atoms with E-state index in [0.29, 0.717) is 11.4 Å². The molecule has 1 aromatic rings. The number of carbonyl (C=O) groups is 3. The van der Waals surface area contributed by atoms with Crippen LogP contribution in [0, 0.1) is 6.92 Å². The van der Waals surface area contributed by atoms with Gasteiger partial charge in [-0.3, -0.25) is 19.3 Å². The molecule has 0 unspecified atom stereocenters. The van der Waals surface area contributed by atoms with E-state index >= 15 is 0 Å². The summed E-state index contributed by atoms with van der Waals surface area (Å²) >= 11 is 0.898. The van der Waals surface area contributed by atoms with E-state index in [4.69, 9.17) is 0 Å². The Morgan fingerprint density at radius 2 is 1.96 bits per heavy atom. The lowest BCUT2D eigenvalue weighted by atomic mass is 10.0. The number of aryl methyl sites for hydroxylation is 1. The smallest absolute Gasteiger partial charge is 0.294 e. The van der Waals surface area contributed by atoms with Crippen molar-refractivity contribution < 1.29 is 14.4 Å². The van der Waals surface area contributed by atoms with Crippen LogP contribution in [0.15, 0.2) is 29.2 Å². The number of imide groups is 1. The zero-order valence-electron chi connectivity index (χ0n) is 14.5. The third-order valence-corrected chi connectivity index (χ3v) is 5.57. The highest BCUT2D eigenvalue weighted by atomic mass is 32.2. The monoisotopic (exact) mass is 358 g/mol. The maximum atomic E-state index is 12.5. The molecule has 0 saturated carbocycles. The van der Waals surface area contributed by atoms with E-state index in [0.717, 1.165) is 47.1 Å². The number of hydrogen-bond donors (Lipinski definition) is 0. The summed E-state index contributed by atoms with van der Waals surface area (Å²) in [5, 5.41) is -0.374. The second kappa shape index (κ2) is 7.44. The molecule has 0 aliphatic carbocycles. The van der Waals surface area contributed by atoms with Gasteiger partial charge in [0.1, 0.15) is 6.54 Å². The zero-order chi connectivity index (χ0) is 18.0. The van der Waals surface area contributed by atoms with E-state index in [9.17, 15) is 14.4 Å². The number of rotatable bonds is 3. The Balaban J connectivity index is 1.70. The molecule has 2 aliphatic rings. The van der Waals surface area contributed by atoms with Crippen molar-refractivity contribution in [3.8, 4) is 0 Å². The first-order chi connectivity index (χ1) is 12.0. The van der Waals surface area contributed by atoms with Crippen LogP contribution in [0.4, 0.5) is 4.79 Å². The van der Waals surface area contributed by atoms with Crippen molar-refractivity contribution in [3.05, 3.63) is 40.3 Å². The summed E-state index contributed by atoms with van der Waals surface area (Å²) in [5.41, 5.74) is 2.00. The van der Waals surface area contributed by atoms with Crippen molar-refractivity contribution in [1.82, 2.24) is 9.80 Å². The molecule has 1 aromatic carbocycles. The predicted molar refractivity (Wildman–Crippen MR) is 98.9 cm³/mol. The van der Waals surface area contributed by atoms with Crippen molar-refractivity contribution in [3.63, 3.8) is 0 Å². The molecule has 132 valence electrons. The molecule has 25 heavy (non-hydrogen) atoms. The van der Waals surface area contributed by atoms with Gasteiger partial charge in [-0.05, 0) is 56.5 Å². The molecule has 2 aliphatic heterocycles. The van der Waals surface area contributed by atoms with Crippen molar-refractivity contribution in [2.45, 2.75) is 39.2 Å². The Morgan fingerprint density at radius 1 is 1.24 bits per heavy atom. The minimum Gasteiger partial charge on any atom is -0.338 e. The molecule has 0 N–H and O–H groups in total. The average Bonchev–Trinajstić information content (AvgIpc) is 2.85. The van der Waals surface area contributed by atoms with E-state index in [-0.39, 0.29) is 29.6 Å². The normalized spacial score (nSPS) is 22.8. The van der Waals surface area contributed by atoms with Crippen LogP contribution in [-0.2, 0) is 9.59 Å². The highest BCUT2D eigenvalue weighted by Crippen LogP contribution is 2.32. The van der Waals surface area contributed by atoms with Crippen LogP contribution >= 0.6 is 11.8 Å². The molecule has 3 amide bonds. The lowest BCUT2D eigenvalue weighted by Gasteiger charge is -2.34. The summed E-state index contributed by atoms with van der Waals surface area (Å²) in [6.07, 6.45) is 4.77. The summed E-state index contributed by atoms with van der Waals surface area (Å²) < 4.78 is 0. The van der Waals surface area contributed by atoms with E-state index < -0.39 is 0 Å². The van der Waals surface area contributed by atoms with Crippen molar-refractivity contribution in [2.24, 2.45) is 0 Å². The highest BCUT2D eigenvalue weighted by molar-refractivity contribution is 8.18. The number of thioether (sulfide) groups is 1. The SMILES string of the molecule is Cc1ccc(/C=C2\SC(=O)N(CC(=O)N3CCCC[C@H]3C)C2=O)cc1. The lowest BCUT2D eigenvalue weighted by Crippen LogP contribution is -2.47. The Labute approximate surface area is 152 Å². The van der Waals surface area contributed by atoms with Gasteiger partial charge in [0.25, 0.3) is 11.1 Å². The Kier molecular flexibility index (Phi) is 5.27. The first-order valence-electron chi connectivity index (χ1n) is 8.57. The summed E-state index contributed by atoms with van der Waals surface area (Å²) in [7, 11) is 0. The highest BCUT2D eigenvalue weighted by Gasteiger charge is 2.37. The second-order valence-electron chi connectivity index (χ2n) is 6.61. The molecule has 0 aromatic heterocycles. The number of likely N-dealkylation sites (tertiary alicyclic amines) is 1. The molecule has 3 rings (SSSR count). The topological polar surface area (TPSA) is 57.7 Å². The fourth-order valence-corrected chi connectivity index (χ4v) is 3.98. The number of carbonyl (C=O) groups excluding carboxylic acids is 3. The first-order valence-corrected chi connectivity index (χ1v) is 9.39. The molecule has 0 radical (unpaired) electrons. The second-order valence-corrected chi connectivity index (χ2v) is 7.60. The van der Waals surface area contributed by atoms with Crippen LogP contribution in [0.1, 0.15) is 37.3 Å². The van der Waals surface area contributed by atoms with E-state index in [1.807, 2.05) is 38.1 Å². The molecular formula is C19H22N2O3S.